The third-order valence-corrected chi connectivity index (χ3v) is 3.38. The van der Waals surface area contributed by atoms with Crippen molar-refractivity contribution in [3.63, 3.8) is 0 Å². The first kappa shape index (κ1) is 9.89. The van der Waals surface area contributed by atoms with E-state index in [2.05, 4.69) is 14.3 Å². The number of hydrogen-bond donors (Lipinski definition) is 0. The van der Waals surface area contributed by atoms with E-state index in [1.54, 1.807) is 6.07 Å². The van der Waals surface area contributed by atoms with E-state index < -0.39 is 0 Å². The zero-order chi connectivity index (χ0) is 9.97. The summed E-state index contributed by atoms with van der Waals surface area (Å²) in [5, 5.41) is 1.34. The molecule has 0 N–H and O–H groups in total. The van der Waals surface area contributed by atoms with Gasteiger partial charge < -0.3 is 0 Å². The maximum atomic E-state index is 5.76. The van der Waals surface area contributed by atoms with Crippen LogP contribution in [-0.2, 0) is 0 Å². The standard InChI is InChI=1S/C8H6ClN3S2/c1-5-10-8(14-12-5)13-7-4-2-3-6(9)11-7/h2-4H,1H3. The molecule has 0 aromatic carbocycles. The minimum Gasteiger partial charge on any atom is -0.229 e. The molecule has 14 heavy (non-hydrogen) atoms. The molecule has 0 unspecified atom stereocenters. The van der Waals surface area contributed by atoms with Crippen LogP contribution in [0.4, 0.5) is 0 Å². The van der Waals surface area contributed by atoms with E-state index in [4.69, 9.17) is 11.6 Å². The second kappa shape index (κ2) is 4.25. The van der Waals surface area contributed by atoms with Gasteiger partial charge in [-0.1, -0.05) is 17.7 Å². The van der Waals surface area contributed by atoms with Crippen molar-refractivity contribution >= 4 is 34.9 Å². The molecular formula is C8H6ClN3S2. The molecule has 0 saturated heterocycles. The third-order valence-electron chi connectivity index (χ3n) is 1.39. The Hall–Kier alpha value is -0.650. The van der Waals surface area contributed by atoms with E-state index in [9.17, 15) is 0 Å². The Kier molecular flexibility index (Phi) is 3.00. The van der Waals surface area contributed by atoms with Crippen LogP contribution < -0.4 is 0 Å². The Bertz CT molecular complexity index is 444. The summed E-state index contributed by atoms with van der Waals surface area (Å²) in [5.74, 6) is 0.791. The summed E-state index contributed by atoms with van der Waals surface area (Å²) in [6.07, 6.45) is 0. The number of rotatable bonds is 2. The lowest BCUT2D eigenvalue weighted by Crippen LogP contribution is -1.79. The molecule has 0 bridgehead atoms. The highest BCUT2D eigenvalue weighted by molar-refractivity contribution is 8.00. The summed E-state index contributed by atoms with van der Waals surface area (Å²) in [6.45, 7) is 1.87. The van der Waals surface area contributed by atoms with E-state index in [0.717, 1.165) is 15.2 Å². The Morgan fingerprint density at radius 3 is 2.86 bits per heavy atom. The van der Waals surface area contributed by atoms with Crippen LogP contribution in [-0.4, -0.2) is 14.3 Å². The van der Waals surface area contributed by atoms with Crippen LogP contribution in [0.1, 0.15) is 5.82 Å². The molecule has 0 radical (unpaired) electrons. The number of aryl methyl sites for hydroxylation is 1. The zero-order valence-electron chi connectivity index (χ0n) is 7.27. The van der Waals surface area contributed by atoms with Crippen molar-refractivity contribution in [3.05, 3.63) is 29.2 Å². The minimum absolute atomic E-state index is 0.497. The Labute approximate surface area is 94.7 Å². The third kappa shape index (κ3) is 2.43. The molecule has 6 heteroatoms. The lowest BCUT2D eigenvalue weighted by Gasteiger charge is -1.95. The van der Waals surface area contributed by atoms with Crippen LogP contribution in [0, 0.1) is 6.92 Å². The van der Waals surface area contributed by atoms with Crippen molar-refractivity contribution in [2.75, 3.05) is 0 Å². The van der Waals surface area contributed by atoms with Crippen molar-refractivity contribution in [2.45, 2.75) is 16.3 Å². The quantitative estimate of drug-likeness (QED) is 0.760. The van der Waals surface area contributed by atoms with Gasteiger partial charge in [0.15, 0.2) is 4.34 Å². The zero-order valence-corrected chi connectivity index (χ0v) is 9.66. The molecule has 2 aromatic heterocycles. The Morgan fingerprint density at radius 1 is 1.36 bits per heavy atom. The molecule has 2 aromatic rings. The van der Waals surface area contributed by atoms with Crippen LogP contribution in [0.5, 0.6) is 0 Å². The molecule has 0 amide bonds. The van der Waals surface area contributed by atoms with Crippen molar-refractivity contribution in [2.24, 2.45) is 0 Å². The monoisotopic (exact) mass is 243 g/mol. The molecule has 3 nitrogen and oxygen atoms in total. The fraction of sp³-hybridized carbons (Fsp3) is 0.125. The highest BCUT2D eigenvalue weighted by Crippen LogP contribution is 2.27. The van der Waals surface area contributed by atoms with Crippen molar-refractivity contribution in [1.82, 2.24) is 14.3 Å². The van der Waals surface area contributed by atoms with Gasteiger partial charge >= 0.3 is 0 Å². The van der Waals surface area contributed by atoms with Crippen molar-refractivity contribution in [1.29, 1.82) is 0 Å². The Morgan fingerprint density at radius 2 is 2.21 bits per heavy atom. The largest absolute Gasteiger partial charge is 0.229 e. The maximum absolute atomic E-state index is 5.76. The van der Waals surface area contributed by atoms with Gasteiger partial charge in [0.05, 0.1) is 0 Å². The lowest BCUT2D eigenvalue weighted by atomic mass is 10.5. The number of nitrogens with zero attached hydrogens (tertiary/aromatic N) is 3. The van der Waals surface area contributed by atoms with E-state index in [-0.39, 0.29) is 0 Å². The molecule has 0 spiro atoms. The van der Waals surface area contributed by atoms with Crippen molar-refractivity contribution < 1.29 is 0 Å². The van der Waals surface area contributed by atoms with Crippen LogP contribution in [0.25, 0.3) is 0 Å². The molecule has 0 aliphatic rings. The van der Waals surface area contributed by atoms with Gasteiger partial charge in [0.2, 0.25) is 0 Å². The van der Waals surface area contributed by atoms with Gasteiger partial charge in [0.25, 0.3) is 0 Å². The molecule has 2 rings (SSSR count). The van der Waals surface area contributed by atoms with Gasteiger partial charge in [0.1, 0.15) is 16.0 Å². The molecule has 0 aliphatic heterocycles. The van der Waals surface area contributed by atoms with E-state index >= 15 is 0 Å². The van der Waals surface area contributed by atoms with Gasteiger partial charge in [-0.2, -0.15) is 4.37 Å². The fourth-order valence-electron chi connectivity index (χ4n) is 0.855. The SMILES string of the molecule is Cc1nsc(Sc2cccc(Cl)n2)n1. The molecule has 0 atom stereocenters. The Balaban J connectivity index is 2.18. The predicted molar refractivity (Wildman–Crippen MR) is 58.0 cm³/mol. The van der Waals surface area contributed by atoms with Crippen LogP contribution >= 0.6 is 34.9 Å². The van der Waals surface area contributed by atoms with Gasteiger partial charge in [-0.25, -0.2) is 9.97 Å². The summed E-state index contributed by atoms with van der Waals surface area (Å²) in [7, 11) is 0. The molecule has 2 heterocycles. The van der Waals surface area contributed by atoms with Gasteiger partial charge in [0, 0.05) is 0 Å². The van der Waals surface area contributed by atoms with Crippen LogP contribution in [0.2, 0.25) is 5.15 Å². The van der Waals surface area contributed by atoms with E-state index in [1.807, 2.05) is 19.1 Å². The normalized spacial score (nSPS) is 10.4. The first-order chi connectivity index (χ1) is 6.74. The van der Waals surface area contributed by atoms with E-state index in [1.165, 1.54) is 23.3 Å². The highest BCUT2D eigenvalue weighted by Gasteiger charge is 2.04. The fourth-order valence-corrected chi connectivity index (χ4v) is 2.66. The smallest absolute Gasteiger partial charge is 0.176 e. The summed E-state index contributed by atoms with van der Waals surface area (Å²) >= 11 is 8.60. The molecule has 72 valence electrons. The molecule has 0 aliphatic carbocycles. The summed E-state index contributed by atoms with van der Waals surface area (Å²) in [5.41, 5.74) is 0. The number of hydrogen-bond acceptors (Lipinski definition) is 5. The number of halogens is 1. The summed E-state index contributed by atoms with van der Waals surface area (Å²) in [4.78, 5) is 8.37. The maximum Gasteiger partial charge on any atom is 0.176 e. The lowest BCUT2D eigenvalue weighted by molar-refractivity contribution is 1.09. The van der Waals surface area contributed by atoms with Gasteiger partial charge in [-0.15, -0.1) is 0 Å². The number of aromatic nitrogens is 3. The molecular weight excluding hydrogens is 238 g/mol. The van der Waals surface area contributed by atoms with Gasteiger partial charge in [-0.05, 0) is 42.4 Å². The first-order valence-electron chi connectivity index (χ1n) is 3.85. The summed E-state index contributed by atoms with van der Waals surface area (Å²) in [6, 6.07) is 5.51. The predicted octanol–water partition coefficient (Wildman–Crippen LogP) is 3.05. The average molecular weight is 244 g/mol. The minimum atomic E-state index is 0.497. The second-order valence-electron chi connectivity index (χ2n) is 2.51. The highest BCUT2D eigenvalue weighted by atomic mass is 35.5. The topological polar surface area (TPSA) is 38.7 Å². The molecule has 0 fully saturated rings. The average Bonchev–Trinajstić information content (AvgIpc) is 2.51. The number of pyridine rings is 1. The van der Waals surface area contributed by atoms with Gasteiger partial charge in [-0.3, -0.25) is 0 Å². The second-order valence-corrected chi connectivity index (χ2v) is 4.91. The van der Waals surface area contributed by atoms with Crippen LogP contribution in [0.3, 0.4) is 0 Å². The molecule has 0 saturated carbocycles. The van der Waals surface area contributed by atoms with Crippen molar-refractivity contribution in [3.8, 4) is 0 Å². The van der Waals surface area contributed by atoms with E-state index in [0.29, 0.717) is 5.15 Å². The van der Waals surface area contributed by atoms with Crippen LogP contribution in [0.15, 0.2) is 27.6 Å². The first-order valence-corrected chi connectivity index (χ1v) is 5.81. The summed E-state index contributed by atoms with van der Waals surface area (Å²) < 4.78 is 4.97.